The van der Waals surface area contributed by atoms with E-state index in [0.717, 1.165) is 12.8 Å². The zero-order valence-electron chi connectivity index (χ0n) is 12.2. The van der Waals surface area contributed by atoms with Gasteiger partial charge in [0.1, 0.15) is 5.02 Å². The Morgan fingerprint density at radius 2 is 2.30 bits per heavy atom. The van der Waals surface area contributed by atoms with E-state index in [1.54, 1.807) is 6.20 Å². The molecule has 5 nitrogen and oxygen atoms in total. The van der Waals surface area contributed by atoms with Crippen molar-refractivity contribution in [3.63, 3.8) is 0 Å². The summed E-state index contributed by atoms with van der Waals surface area (Å²) in [6, 6.07) is 0. The molecule has 1 aliphatic rings. The average Bonchev–Trinajstić information content (AvgIpc) is 3.28. The Hall–Kier alpha value is -1.07. The molecule has 3 N–H and O–H groups in total. The number of unbranched alkanes of at least 4 members (excludes halogenated alkanes) is 1. The Balaban J connectivity index is 2.20. The van der Waals surface area contributed by atoms with E-state index in [-0.39, 0.29) is 16.1 Å². The van der Waals surface area contributed by atoms with Gasteiger partial charge in [0.2, 0.25) is 0 Å². The first-order valence-electron chi connectivity index (χ1n) is 7.25. The maximum Gasteiger partial charge on any atom is 0.287 e. The first kappa shape index (κ1) is 15.3. The quantitative estimate of drug-likeness (QED) is 0.810. The number of aryl methyl sites for hydroxylation is 1. The molecule has 20 heavy (non-hydrogen) atoms. The molecule has 1 atom stereocenters. The number of aromatic nitrogens is 2. The lowest BCUT2D eigenvalue weighted by Crippen LogP contribution is -2.45. The summed E-state index contributed by atoms with van der Waals surface area (Å²) in [7, 11) is 0. The third kappa shape index (κ3) is 3.15. The van der Waals surface area contributed by atoms with Crippen LogP contribution in [-0.4, -0.2) is 21.9 Å². The van der Waals surface area contributed by atoms with Gasteiger partial charge < -0.3 is 11.1 Å². The molecule has 6 heteroatoms. The van der Waals surface area contributed by atoms with Gasteiger partial charge in [-0.2, -0.15) is 5.10 Å². The van der Waals surface area contributed by atoms with Crippen LogP contribution in [0, 0.1) is 5.92 Å². The predicted molar refractivity (Wildman–Crippen MR) is 82.2 cm³/mol. The van der Waals surface area contributed by atoms with Gasteiger partial charge in [-0.15, -0.1) is 0 Å². The fourth-order valence-corrected chi connectivity index (χ4v) is 2.56. The van der Waals surface area contributed by atoms with Crippen LogP contribution in [0.2, 0.25) is 5.02 Å². The van der Waals surface area contributed by atoms with Crippen LogP contribution in [0.15, 0.2) is 11.0 Å². The Morgan fingerprint density at radius 1 is 1.60 bits per heavy atom. The van der Waals surface area contributed by atoms with Gasteiger partial charge in [-0.1, -0.05) is 24.9 Å². The van der Waals surface area contributed by atoms with Crippen molar-refractivity contribution in [3.05, 3.63) is 21.6 Å². The summed E-state index contributed by atoms with van der Waals surface area (Å²) in [5.41, 5.74) is 6.01. The van der Waals surface area contributed by atoms with Crippen LogP contribution >= 0.6 is 11.6 Å². The van der Waals surface area contributed by atoms with E-state index in [1.807, 2.05) is 0 Å². The van der Waals surface area contributed by atoms with Gasteiger partial charge in [0.25, 0.3) is 5.56 Å². The lowest BCUT2D eigenvalue weighted by Gasteiger charge is -2.31. The van der Waals surface area contributed by atoms with Gasteiger partial charge in [-0.25, -0.2) is 4.68 Å². The summed E-state index contributed by atoms with van der Waals surface area (Å²) in [5.74, 6) is 0.547. The van der Waals surface area contributed by atoms with Crippen molar-refractivity contribution in [2.75, 3.05) is 11.9 Å². The van der Waals surface area contributed by atoms with Gasteiger partial charge in [0.15, 0.2) is 0 Å². The van der Waals surface area contributed by atoms with E-state index < -0.39 is 0 Å². The number of hydrogen-bond donors (Lipinski definition) is 2. The largest absolute Gasteiger partial charge is 0.376 e. The maximum absolute atomic E-state index is 12.2. The molecule has 0 radical (unpaired) electrons. The molecule has 0 aromatic carbocycles. The Morgan fingerprint density at radius 3 is 2.85 bits per heavy atom. The van der Waals surface area contributed by atoms with Crippen LogP contribution in [0.25, 0.3) is 0 Å². The monoisotopic (exact) mass is 298 g/mol. The molecular formula is C14H23ClN4O. The molecule has 1 aromatic rings. The molecule has 0 saturated heterocycles. The van der Waals surface area contributed by atoms with Crippen molar-refractivity contribution in [1.82, 2.24) is 9.78 Å². The highest BCUT2D eigenvalue weighted by Crippen LogP contribution is 2.41. The van der Waals surface area contributed by atoms with Crippen LogP contribution in [0.1, 0.15) is 39.5 Å². The third-order valence-corrected chi connectivity index (χ3v) is 4.40. The minimum atomic E-state index is -0.236. The molecule has 1 aliphatic carbocycles. The van der Waals surface area contributed by atoms with Gasteiger partial charge in [0, 0.05) is 18.6 Å². The maximum atomic E-state index is 12.2. The second-order valence-electron chi connectivity index (χ2n) is 5.77. The van der Waals surface area contributed by atoms with E-state index in [4.69, 9.17) is 17.3 Å². The van der Waals surface area contributed by atoms with E-state index in [9.17, 15) is 4.79 Å². The van der Waals surface area contributed by atoms with Crippen molar-refractivity contribution < 1.29 is 0 Å². The van der Waals surface area contributed by atoms with Crippen molar-refractivity contribution >= 4 is 17.3 Å². The van der Waals surface area contributed by atoms with Gasteiger partial charge in [-0.05, 0) is 32.1 Å². The lowest BCUT2D eigenvalue weighted by atomic mass is 9.96. The number of nitrogens with zero attached hydrogens (tertiary/aromatic N) is 2. The standard InChI is InChI=1S/C14H23ClN4O/c1-3-4-7-19-13(20)12(15)11(8-17-19)18-14(2,9-16)10-5-6-10/h8,10,18H,3-7,9,16H2,1-2H3. The van der Waals surface area contributed by atoms with E-state index in [0.29, 0.717) is 24.7 Å². The lowest BCUT2D eigenvalue weighted by molar-refractivity contribution is 0.458. The van der Waals surface area contributed by atoms with Crippen LogP contribution in [0.5, 0.6) is 0 Å². The van der Waals surface area contributed by atoms with Crippen molar-refractivity contribution in [1.29, 1.82) is 0 Å². The molecule has 0 bridgehead atoms. The Bertz CT molecular complexity index is 526. The second kappa shape index (κ2) is 6.14. The van der Waals surface area contributed by atoms with Gasteiger partial charge in [0.05, 0.1) is 11.9 Å². The highest BCUT2D eigenvalue weighted by molar-refractivity contribution is 6.32. The molecule has 0 amide bonds. The minimum Gasteiger partial charge on any atom is -0.376 e. The molecule has 1 saturated carbocycles. The Kier molecular flexibility index (Phi) is 4.70. The Labute approximate surface area is 124 Å². The average molecular weight is 299 g/mol. The van der Waals surface area contributed by atoms with E-state index >= 15 is 0 Å². The number of nitrogens with two attached hydrogens (primary N) is 1. The van der Waals surface area contributed by atoms with E-state index in [1.165, 1.54) is 17.5 Å². The smallest absolute Gasteiger partial charge is 0.287 e. The number of hydrogen-bond acceptors (Lipinski definition) is 4. The molecule has 1 aromatic heterocycles. The summed E-state index contributed by atoms with van der Waals surface area (Å²) < 4.78 is 1.42. The van der Waals surface area contributed by atoms with Crippen LogP contribution in [0.4, 0.5) is 5.69 Å². The molecule has 0 spiro atoms. The fourth-order valence-electron chi connectivity index (χ4n) is 2.37. The second-order valence-corrected chi connectivity index (χ2v) is 6.15. The summed E-state index contributed by atoms with van der Waals surface area (Å²) in [4.78, 5) is 12.2. The summed E-state index contributed by atoms with van der Waals surface area (Å²) in [5, 5.41) is 7.72. The van der Waals surface area contributed by atoms with Crippen LogP contribution in [-0.2, 0) is 6.54 Å². The molecule has 2 rings (SSSR count). The normalized spacial score (nSPS) is 17.8. The zero-order valence-corrected chi connectivity index (χ0v) is 12.9. The summed E-state index contributed by atoms with van der Waals surface area (Å²) in [6.07, 6.45) is 5.89. The number of nitrogens with one attached hydrogen (secondary N) is 1. The fraction of sp³-hybridized carbons (Fsp3) is 0.714. The van der Waals surface area contributed by atoms with Crippen LogP contribution < -0.4 is 16.6 Å². The number of rotatable bonds is 7. The van der Waals surface area contributed by atoms with Crippen molar-refractivity contribution in [2.24, 2.45) is 11.7 Å². The third-order valence-electron chi connectivity index (χ3n) is 4.03. The SMILES string of the molecule is CCCCn1ncc(NC(C)(CN)C2CC2)c(Cl)c1=O. The van der Waals surface area contributed by atoms with Crippen molar-refractivity contribution in [3.8, 4) is 0 Å². The number of anilines is 1. The van der Waals surface area contributed by atoms with Gasteiger partial charge in [-0.3, -0.25) is 4.79 Å². The first-order chi connectivity index (χ1) is 9.51. The van der Waals surface area contributed by atoms with Gasteiger partial charge >= 0.3 is 0 Å². The molecule has 1 unspecified atom stereocenters. The molecular weight excluding hydrogens is 276 g/mol. The summed E-state index contributed by atoms with van der Waals surface area (Å²) in [6.45, 7) is 5.26. The highest BCUT2D eigenvalue weighted by Gasteiger charge is 2.40. The predicted octanol–water partition coefficient (Wildman–Crippen LogP) is 2.24. The number of halogens is 1. The minimum absolute atomic E-state index is 0.205. The molecule has 1 fully saturated rings. The highest BCUT2D eigenvalue weighted by atomic mass is 35.5. The first-order valence-corrected chi connectivity index (χ1v) is 7.63. The molecule has 0 aliphatic heterocycles. The van der Waals surface area contributed by atoms with Crippen LogP contribution in [0.3, 0.4) is 0 Å². The van der Waals surface area contributed by atoms with E-state index in [2.05, 4.69) is 24.3 Å². The molecule has 1 heterocycles. The topological polar surface area (TPSA) is 72.9 Å². The summed E-state index contributed by atoms with van der Waals surface area (Å²) >= 11 is 6.19. The zero-order chi connectivity index (χ0) is 14.8. The van der Waals surface area contributed by atoms with Crippen molar-refractivity contribution in [2.45, 2.75) is 51.6 Å². The molecule has 112 valence electrons.